The molecule has 2 aromatic rings. The van der Waals surface area contributed by atoms with E-state index in [2.05, 4.69) is 10.0 Å². The molecule has 0 radical (unpaired) electrons. The molecule has 0 bridgehead atoms. The lowest BCUT2D eigenvalue weighted by molar-refractivity contribution is -0.115. The van der Waals surface area contributed by atoms with Crippen LogP contribution in [0.1, 0.15) is 5.56 Å². The number of carbonyl (C=O) groups is 1. The first-order valence-corrected chi connectivity index (χ1v) is 9.21. The van der Waals surface area contributed by atoms with Crippen LogP contribution < -0.4 is 24.2 Å². The number of sulfonamides is 1. The van der Waals surface area contributed by atoms with E-state index in [0.717, 1.165) is 0 Å². The van der Waals surface area contributed by atoms with Crippen LogP contribution in [0.2, 0.25) is 0 Å². The highest BCUT2D eigenvalue weighted by atomic mass is 32.2. The van der Waals surface area contributed by atoms with E-state index in [1.807, 2.05) is 0 Å². The monoisotopic (exact) mass is 378 g/mol. The molecule has 0 saturated heterocycles. The Labute approximate surface area is 151 Å². The molecule has 1 heterocycles. The van der Waals surface area contributed by atoms with Gasteiger partial charge in [-0.1, -0.05) is 0 Å². The van der Waals surface area contributed by atoms with Gasteiger partial charge in [-0.3, -0.25) is 4.79 Å². The molecule has 0 saturated carbocycles. The van der Waals surface area contributed by atoms with Crippen molar-refractivity contribution in [2.24, 2.45) is 0 Å². The Morgan fingerprint density at radius 3 is 2.65 bits per heavy atom. The van der Waals surface area contributed by atoms with E-state index in [1.165, 1.54) is 19.2 Å². The normalized spacial score (nSPS) is 12.7. The number of fused-ring (bicyclic) bond motifs is 1. The Morgan fingerprint density at radius 1 is 1.15 bits per heavy atom. The Kier molecular flexibility index (Phi) is 5.01. The molecule has 0 aromatic heterocycles. The van der Waals surface area contributed by atoms with Gasteiger partial charge in [-0.2, -0.15) is 0 Å². The van der Waals surface area contributed by atoms with Gasteiger partial charge in [0, 0.05) is 11.8 Å². The van der Waals surface area contributed by atoms with Crippen molar-refractivity contribution >= 4 is 21.6 Å². The maximum absolute atomic E-state index is 12.3. The van der Waals surface area contributed by atoms with Crippen LogP contribution in [0, 0.1) is 6.92 Å². The minimum absolute atomic E-state index is 0.0617. The van der Waals surface area contributed by atoms with Gasteiger partial charge in [-0.15, -0.1) is 0 Å². The van der Waals surface area contributed by atoms with Gasteiger partial charge in [0.1, 0.15) is 5.75 Å². The number of rotatable bonds is 6. The van der Waals surface area contributed by atoms with E-state index < -0.39 is 22.5 Å². The first-order chi connectivity index (χ1) is 12.4. The number of nitrogens with one attached hydrogen (secondary N) is 2. The molecule has 1 aliphatic rings. The number of methoxy groups -OCH3 is 1. The van der Waals surface area contributed by atoms with Gasteiger partial charge in [0.05, 0.1) is 18.6 Å². The molecule has 0 fully saturated rings. The van der Waals surface area contributed by atoms with E-state index in [9.17, 15) is 13.2 Å². The Hall–Kier alpha value is -2.78. The van der Waals surface area contributed by atoms with E-state index in [4.69, 9.17) is 14.2 Å². The van der Waals surface area contributed by atoms with E-state index in [1.54, 1.807) is 31.2 Å². The van der Waals surface area contributed by atoms with Crippen LogP contribution in [0.3, 0.4) is 0 Å². The molecular weight excluding hydrogens is 360 g/mol. The number of benzene rings is 2. The van der Waals surface area contributed by atoms with Crippen molar-refractivity contribution < 1.29 is 27.4 Å². The summed E-state index contributed by atoms with van der Waals surface area (Å²) in [6, 6.07) is 9.40. The summed E-state index contributed by atoms with van der Waals surface area (Å²) in [5, 5.41) is 2.60. The predicted molar refractivity (Wildman–Crippen MR) is 94.1 cm³/mol. The van der Waals surface area contributed by atoms with Crippen LogP contribution in [0.5, 0.6) is 17.2 Å². The summed E-state index contributed by atoms with van der Waals surface area (Å²) >= 11 is 0. The van der Waals surface area contributed by atoms with Gasteiger partial charge in [-0.05, 0) is 42.8 Å². The first-order valence-electron chi connectivity index (χ1n) is 7.73. The van der Waals surface area contributed by atoms with Crippen molar-refractivity contribution in [2.45, 2.75) is 11.8 Å². The second-order valence-electron chi connectivity index (χ2n) is 5.57. The molecule has 138 valence electrons. The Bertz CT molecular complexity index is 942. The van der Waals surface area contributed by atoms with E-state index >= 15 is 0 Å². The van der Waals surface area contributed by atoms with Gasteiger partial charge in [-0.25, -0.2) is 13.1 Å². The molecule has 2 aromatic carbocycles. The summed E-state index contributed by atoms with van der Waals surface area (Å²) < 4.78 is 42.5. The van der Waals surface area contributed by atoms with Crippen molar-refractivity contribution in [3.63, 3.8) is 0 Å². The molecule has 0 unspecified atom stereocenters. The third-order valence-electron chi connectivity index (χ3n) is 3.76. The van der Waals surface area contributed by atoms with E-state index in [0.29, 0.717) is 28.5 Å². The Morgan fingerprint density at radius 2 is 1.92 bits per heavy atom. The van der Waals surface area contributed by atoms with Crippen LogP contribution in [0.25, 0.3) is 0 Å². The molecule has 2 N–H and O–H groups in total. The lowest BCUT2D eigenvalue weighted by Gasteiger charge is -2.10. The van der Waals surface area contributed by atoms with Crippen LogP contribution in [0.15, 0.2) is 41.3 Å². The highest BCUT2D eigenvalue weighted by Crippen LogP contribution is 2.34. The largest absolute Gasteiger partial charge is 0.496 e. The zero-order valence-corrected chi connectivity index (χ0v) is 15.1. The van der Waals surface area contributed by atoms with Crippen molar-refractivity contribution in [2.75, 3.05) is 25.8 Å². The molecule has 0 spiro atoms. The fourth-order valence-electron chi connectivity index (χ4n) is 2.44. The molecule has 8 nitrogen and oxygen atoms in total. The maximum atomic E-state index is 12.3. The second-order valence-corrected chi connectivity index (χ2v) is 7.34. The van der Waals surface area contributed by atoms with Gasteiger partial charge in [0.25, 0.3) is 0 Å². The van der Waals surface area contributed by atoms with Crippen molar-refractivity contribution in [1.29, 1.82) is 0 Å². The third-order valence-corrected chi connectivity index (χ3v) is 5.15. The quantitative estimate of drug-likeness (QED) is 0.792. The molecular formula is C17H18N2O6S. The molecule has 9 heteroatoms. The van der Waals surface area contributed by atoms with Gasteiger partial charge >= 0.3 is 0 Å². The maximum Gasteiger partial charge on any atom is 0.241 e. The van der Waals surface area contributed by atoms with Crippen molar-refractivity contribution in [3.8, 4) is 17.2 Å². The number of hydrogen-bond acceptors (Lipinski definition) is 6. The summed E-state index contributed by atoms with van der Waals surface area (Å²) in [4.78, 5) is 12.1. The molecule has 1 amide bonds. The SMILES string of the molecule is COc1ccc(S(=O)(=O)NCC(=O)Nc2ccc3c(c2)OCO3)cc1C. The number of hydrogen-bond donors (Lipinski definition) is 2. The molecule has 0 atom stereocenters. The minimum Gasteiger partial charge on any atom is -0.496 e. The smallest absolute Gasteiger partial charge is 0.241 e. The third kappa shape index (κ3) is 3.89. The number of ether oxygens (including phenoxy) is 3. The summed E-state index contributed by atoms with van der Waals surface area (Å²) in [6.45, 7) is 1.47. The van der Waals surface area contributed by atoms with Gasteiger partial charge in [0.15, 0.2) is 11.5 Å². The number of aryl methyl sites for hydroxylation is 1. The zero-order chi connectivity index (χ0) is 18.7. The average Bonchev–Trinajstić information content (AvgIpc) is 3.08. The second kappa shape index (κ2) is 7.22. The fourth-order valence-corrected chi connectivity index (χ4v) is 3.51. The lowest BCUT2D eigenvalue weighted by atomic mass is 10.2. The van der Waals surface area contributed by atoms with Gasteiger partial charge in [0.2, 0.25) is 22.7 Å². The molecule has 3 rings (SSSR count). The van der Waals surface area contributed by atoms with Gasteiger partial charge < -0.3 is 19.5 Å². The highest BCUT2D eigenvalue weighted by molar-refractivity contribution is 7.89. The van der Waals surface area contributed by atoms with Crippen LogP contribution >= 0.6 is 0 Å². The van der Waals surface area contributed by atoms with Crippen LogP contribution in [0.4, 0.5) is 5.69 Å². The summed E-state index contributed by atoms with van der Waals surface area (Å²) in [5.41, 5.74) is 1.17. The first kappa shape index (κ1) is 18.0. The van der Waals surface area contributed by atoms with Crippen molar-refractivity contribution in [1.82, 2.24) is 4.72 Å². The predicted octanol–water partition coefficient (Wildman–Crippen LogP) is 1.65. The van der Waals surface area contributed by atoms with Crippen molar-refractivity contribution in [3.05, 3.63) is 42.0 Å². The average molecular weight is 378 g/mol. The standard InChI is InChI=1S/C17H18N2O6S/c1-11-7-13(4-6-14(11)23-2)26(21,22)18-9-17(20)19-12-3-5-15-16(8-12)25-10-24-15/h3-8,18H,9-10H2,1-2H3,(H,19,20). The number of anilines is 1. The van der Waals surface area contributed by atoms with E-state index in [-0.39, 0.29) is 11.7 Å². The number of carbonyl (C=O) groups excluding carboxylic acids is 1. The molecule has 1 aliphatic heterocycles. The summed E-state index contributed by atoms with van der Waals surface area (Å²) in [6.07, 6.45) is 0. The topological polar surface area (TPSA) is 103 Å². The fraction of sp³-hybridized carbons (Fsp3) is 0.235. The Balaban J connectivity index is 1.62. The minimum atomic E-state index is -3.82. The summed E-state index contributed by atoms with van der Waals surface area (Å²) in [5.74, 6) is 1.21. The highest BCUT2D eigenvalue weighted by Gasteiger charge is 2.18. The number of amides is 1. The summed E-state index contributed by atoms with van der Waals surface area (Å²) in [7, 11) is -2.31. The lowest BCUT2D eigenvalue weighted by Crippen LogP contribution is -2.32. The van der Waals surface area contributed by atoms with Crippen LogP contribution in [-0.2, 0) is 14.8 Å². The molecule has 26 heavy (non-hydrogen) atoms. The van der Waals surface area contributed by atoms with Crippen LogP contribution in [-0.4, -0.2) is 34.8 Å². The molecule has 0 aliphatic carbocycles. The zero-order valence-electron chi connectivity index (χ0n) is 14.2.